The van der Waals surface area contributed by atoms with E-state index < -0.39 is 0 Å². The largest absolute Gasteiger partial charge is 0.357 e. The second-order valence-electron chi connectivity index (χ2n) is 5.49. The van der Waals surface area contributed by atoms with Gasteiger partial charge in [-0.3, -0.25) is 4.99 Å². The van der Waals surface area contributed by atoms with Gasteiger partial charge in [-0.1, -0.05) is 37.3 Å². The summed E-state index contributed by atoms with van der Waals surface area (Å²) in [6.07, 6.45) is 5.68. The monoisotopic (exact) mass is 321 g/mol. The summed E-state index contributed by atoms with van der Waals surface area (Å²) in [4.78, 5) is 4.64. The SMILES string of the molecule is CCNC(=NCCCCSC)NCCC(C)c1ccccc1. The summed E-state index contributed by atoms with van der Waals surface area (Å²) in [6, 6.07) is 10.7. The molecule has 0 aliphatic heterocycles. The van der Waals surface area contributed by atoms with Crippen molar-refractivity contribution in [2.45, 2.75) is 39.0 Å². The molecule has 1 atom stereocenters. The van der Waals surface area contributed by atoms with Crippen LogP contribution in [-0.2, 0) is 0 Å². The van der Waals surface area contributed by atoms with Crippen molar-refractivity contribution in [3.05, 3.63) is 35.9 Å². The maximum atomic E-state index is 4.64. The van der Waals surface area contributed by atoms with E-state index in [1.54, 1.807) is 0 Å². The van der Waals surface area contributed by atoms with Gasteiger partial charge in [-0.2, -0.15) is 11.8 Å². The summed E-state index contributed by atoms with van der Waals surface area (Å²) < 4.78 is 0. The third-order valence-corrected chi connectivity index (χ3v) is 4.31. The van der Waals surface area contributed by atoms with Crippen molar-refractivity contribution in [2.75, 3.05) is 31.6 Å². The first-order chi connectivity index (χ1) is 10.8. The quantitative estimate of drug-likeness (QED) is 0.390. The Morgan fingerprint density at radius 3 is 2.64 bits per heavy atom. The number of unbranched alkanes of at least 4 members (excludes halogenated alkanes) is 1. The molecule has 124 valence electrons. The molecule has 0 saturated carbocycles. The van der Waals surface area contributed by atoms with Crippen LogP contribution >= 0.6 is 11.8 Å². The molecule has 0 fully saturated rings. The van der Waals surface area contributed by atoms with E-state index in [0.29, 0.717) is 5.92 Å². The summed E-state index contributed by atoms with van der Waals surface area (Å²) in [6.45, 7) is 7.16. The number of hydrogen-bond donors (Lipinski definition) is 2. The Hall–Kier alpha value is -1.16. The Balaban J connectivity index is 2.29. The van der Waals surface area contributed by atoms with Crippen LogP contribution in [0.4, 0.5) is 0 Å². The van der Waals surface area contributed by atoms with Crippen molar-refractivity contribution in [3.8, 4) is 0 Å². The molecule has 0 saturated heterocycles. The van der Waals surface area contributed by atoms with Crippen LogP contribution in [0.5, 0.6) is 0 Å². The Morgan fingerprint density at radius 2 is 1.95 bits per heavy atom. The topological polar surface area (TPSA) is 36.4 Å². The van der Waals surface area contributed by atoms with Crippen LogP contribution in [0.2, 0.25) is 0 Å². The highest BCUT2D eigenvalue weighted by molar-refractivity contribution is 7.98. The maximum absolute atomic E-state index is 4.64. The number of benzene rings is 1. The molecule has 2 N–H and O–H groups in total. The highest BCUT2D eigenvalue weighted by Gasteiger charge is 2.05. The van der Waals surface area contributed by atoms with E-state index in [-0.39, 0.29) is 0 Å². The van der Waals surface area contributed by atoms with Crippen LogP contribution in [0, 0.1) is 0 Å². The standard InChI is InChI=1S/C18H31N3S/c1-4-19-18(20-13-8-9-15-22-3)21-14-12-16(2)17-10-6-5-7-11-17/h5-7,10-11,16H,4,8-9,12-15H2,1-3H3,(H2,19,20,21). The Morgan fingerprint density at radius 1 is 1.18 bits per heavy atom. The molecule has 0 spiro atoms. The summed E-state index contributed by atoms with van der Waals surface area (Å²) in [7, 11) is 0. The van der Waals surface area contributed by atoms with Gasteiger partial charge in [0.15, 0.2) is 5.96 Å². The van der Waals surface area contributed by atoms with Crippen LogP contribution in [0.25, 0.3) is 0 Å². The van der Waals surface area contributed by atoms with E-state index in [2.05, 4.69) is 66.1 Å². The van der Waals surface area contributed by atoms with E-state index in [0.717, 1.165) is 38.4 Å². The minimum atomic E-state index is 0.568. The minimum Gasteiger partial charge on any atom is -0.357 e. The van der Waals surface area contributed by atoms with Gasteiger partial charge in [-0.15, -0.1) is 0 Å². The summed E-state index contributed by atoms with van der Waals surface area (Å²) >= 11 is 1.91. The summed E-state index contributed by atoms with van der Waals surface area (Å²) in [5.74, 6) is 2.75. The molecule has 1 aromatic carbocycles. The lowest BCUT2D eigenvalue weighted by molar-refractivity contribution is 0.651. The molecule has 0 amide bonds. The van der Waals surface area contributed by atoms with Crippen molar-refractivity contribution in [3.63, 3.8) is 0 Å². The molecule has 0 heterocycles. The number of thioether (sulfide) groups is 1. The smallest absolute Gasteiger partial charge is 0.191 e. The number of guanidine groups is 1. The molecule has 1 aromatic rings. The van der Waals surface area contributed by atoms with Crippen molar-refractivity contribution < 1.29 is 0 Å². The molecular weight excluding hydrogens is 290 g/mol. The maximum Gasteiger partial charge on any atom is 0.191 e. The van der Waals surface area contributed by atoms with Crippen LogP contribution in [-0.4, -0.2) is 37.6 Å². The van der Waals surface area contributed by atoms with Crippen molar-refractivity contribution >= 4 is 17.7 Å². The molecule has 4 heteroatoms. The average molecular weight is 322 g/mol. The molecule has 1 unspecified atom stereocenters. The molecule has 0 bridgehead atoms. The van der Waals surface area contributed by atoms with Crippen molar-refractivity contribution in [1.29, 1.82) is 0 Å². The number of hydrogen-bond acceptors (Lipinski definition) is 2. The second kappa shape index (κ2) is 12.4. The molecule has 22 heavy (non-hydrogen) atoms. The van der Waals surface area contributed by atoms with Gasteiger partial charge in [0.05, 0.1) is 0 Å². The third-order valence-electron chi connectivity index (χ3n) is 3.61. The van der Waals surface area contributed by atoms with Gasteiger partial charge in [-0.05, 0) is 49.7 Å². The molecular formula is C18H31N3S. The predicted molar refractivity (Wildman–Crippen MR) is 101 cm³/mol. The second-order valence-corrected chi connectivity index (χ2v) is 6.47. The van der Waals surface area contributed by atoms with Crippen molar-refractivity contribution in [1.82, 2.24) is 10.6 Å². The zero-order valence-corrected chi connectivity index (χ0v) is 15.1. The molecule has 1 rings (SSSR count). The summed E-state index contributed by atoms with van der Waals surface area (Å²) in [5.41, 5.74) is 1.41. The van der Waals surface area contributed by atoms with Gasteiger partial charge in [0, 0.05) is 19.6 Å². The zero-order chi connectivity index (χ0) is 16.0. The van der Waals surface area contributed by atoms with E-state index in [1.165, 1.54) is 17.7 Å². The van der Waals surface area contributed by atoms with Crippen LogP contribution in [0.1, 0.15) is 44.6 Å². The zero-order valence-electron chi connectivity index (χ0n) is 14.3. The minimum absolute atomic E-state index is 0.568. The van der Waals surface area contributed by atoms with Gasteiger partial charge in [-0.25, -0.2) is 0 Å². The normalized spacial score (nSPS) is 13.0. The first-order valence-electron chi connectivity index (χ1n) is 8.34. The lowest BCUT2D eigenvalue weighted by atomic mass is 9.98. The van der Waals surface area contributed by atoms with Crippen LogP contribution < -0.4 is 10.6 Å². The molecule has 0 aliphatic rings. The van der Waals surface area contributed by atoms with E-state index in [9.17, 15) is 0 Å². The number of nitrogens with one attached hydrogen (secondary N) is 2. The molecule has 0 aliphatic carbocycles. The highest BCUT2D eigenvalue weighted by atomic mass is 32.2. The Labute approximate surface area is 140 Å². The van der Waals surface area contributed by atoms with Gasteiger partial charge in [0.1, 0.15) is 0 Å². The van der Waals surface area contributed by atoms with Gasteiger partial charge in [0.25, 0.3) is 0 Å². The Kier molecular flexibility index (Phi) is 10.6. The van der Waals surface area contributed by atoms with Gasteiger partial charge >= 0.3 is 0 Å². The van der Waals surface area contributed by atoms with Gasteiger partial charge in [0.2, 0.25) is 0 Å². The highest BCUT2D eigenvalue weighted by Crippen LogP contribution is 2.17. The van der Waals surface area contributed by atoms with E-state index in [4.69, 9.17) is 0 Å². The first kappa shape index (κ1) is 18.9. The van der Waals surface area contributed by atoms with Crippen molar-refractivity contribution in [2.24, 2.45) is 4.99 Å². The fraction of sp³-hybridized carbons (Fsp3) is 0.611. The number of aliphatic imine (C=N–C) groups is 1. The fourth-order valence-corrected chi connectivity index (χ4v) is 2.74. The Bertz CT molecular complexity index is 406. The van der Waals surface area contributed by atoms with E-state index in [1.807, 2.05) is 11.8 Å². The lowest BCUT2D eigenvalue weighted by Gasteiger charge is -2.15. The molecule has 0 aromatic heterocycles. The average Bonchev–Trinajstić information content (AvgIpc) is 2.55. The molecule has 3 nitrogen and oxygen atoms in total. The predicted octanol–water partition coefficient (Wildman–Crippen LogP) is 3.88. The fourth-order valence-electron chi connectivity index (χ4n) is 2.25. The lowest BCUT2D eigenvalue weighted by Crippen LogP contribution is -2.38. The van der Waals surface area contributed by atoms with Crippen LogP contribution in [0.15, 0.2) is 35.3 Å². The number of rotatable bonds is 10. The number of nitrogens with zero attached hydrogens (tertiary/aromatic N) is 1. The third kappa shape index (κ3) is 8.32. The van der Waals surface area contributed by atoms with E-state index >= 15 is 0 Å². The first-order valence-corrected chi connectivity index (χ1v) is 9.73. The van der Waals surface area contributed by atoms with Gasteiger partial charge < -0.3 is 10.6 Å². The molecule has 0 radical (unpaired) electrons. The summed E-state index contributed by atoms with van der Waals surface area (Å²) in [5, 5.41) is 6.77. The van der Waals surface area contributed by atoms with Crippen LogP contribution in [0.3, 0.4) is 0 Å².